The second kappa shape index (κ2) is 7.58. The van der Waals surface area contributed by atoms with Crippen LogP contribution in [0.4, 0.5) is 11.4 Å². The van der Waals surface area contributed by atoms with Crippen LogP contribution in [0, 0.1) is 10.1 Å². The highest BCUT2D eigenvalue weighted by Crippen LogP contribution is 2.29. The number of nitro benzene ring substituents is 1. The number of hydrogen-bond donors (Lipinski definition) is 1. The van der Waals surface area contributed by atoms with Crippen LogP contribution in [0.5, 0.6) is 0 Å². The van der Waals surface area contributed by atoms with Crippen molar-refractivity contribution in [2.75, 3.05) is 32.6 Å². The van der Waals surface area contributed by atoms with Gasteiger partial charge in [0.25, 0.3) is 5.91 Å². The lowest BCUT2D eigenvalue weighted by molar-refractivity contribution is -0.384. The molecule has 1 aromatic rings. The van der Waals surface area contributed by atoms with Crippen molar-refractivity contribution in [2.45, 2.75) is 19.9 Å². The van der Waals surface area contributed by atoms with Gasteiger partial charge in [0.15, 0.2) is 0 Å². The average Bonchev–Trinajstić information content (AvgIpc) is 2.45. The number of anilines is 1. The summed E-state index contributed by atoms with van der Waals surface area (Å²) in [4.78, 5) is 24.7. The lowest BCUT2D eigenvalue weighted by Gasteiger charge is -2.24. The third kappa shape index (κ3) is 3.91. The molecule has 0 fully saturated rings. The summed E-state index contributed by atoms with van der Waals surface area (Å²) in [6.07, 6.45) is 0. The highest BCUT2D eigenvalue weighted by molar-refractivity contribution is 6.00. The molecule has 21 heavy (non-hydrogen) atoms. The molecule has 7 nitrogen and oxygen atoms in total. The fourth-order valence-corrected chi connectivity index (χ4v) is 1.99. The van der Waals surface area contributed by atoms with Gasteiger partial charge in [-0.25, -0.2) is 0 Å². The summed E-state index contributed by atoms with van der Waals surface area (Å²) in [5.41, 5.74) is 0.228. The van der Waals surface area contributed by atoms with Gasteiger partial charge in [0.05, 0.1) is 17.6 Å². The number of nitrogens with one attached hydrogen (secondary N) is 1. The van der Waals surface area contributed by atoms with E-state index in [2.05, 4.69) is 5.32 Å². The van der Waals surface area contributed by atoms with Gasteiger partial charge >= 0.3 is 5.69 Å². The van der Waals surface area contributed by atoms with Gasteiger partial charge in [0.2, 0.25) is 0 Å². The minimum atomic E-state index is -0.528. The molecule has 0 aliphatic rings. The number of amides is 1. The van der Waals surface area contributed by atoms with Crippen LogP contribution in [0.15, 0.2) is 18.2 Å². The number of methoxy groups -OCH3 is 1. The quantitative estimate of drug-likeness (QED) is 0.615. The monoisotopic (exact) mass is 295 g/mol. The second-order valence-electron chi connectivity index (χ2n) is 4.71. The van der Waals surface area contributed by atoms with Gasteiger partial charge in [-0.2, -0.15) is 0 Å². The normalized spacial score (nSPS) is 11.8. The first-order chi connectivity index (χ1) is 9.93. The van der Waals surface area contributed by atoms with E-state index in [0.717, 1.165) is 0 Å². The first kappa shape index (κ1) is 16.9. The van der Waals surface area contributed by atoms with Crippen LogP contribution in [0.3, 0.4) is 0 Å². The highest BCUT2D eigenvalue weighted by atomic mass is 16.6. The number of para-hydroxylation sites is 1. The topological polar surface area (TPSA) is 84.7 Å². The molecule has 0 aliphatic heterocycles. The molecule has 1 amide bonds. The van der Waals surface area contributed by atoms with E-state index in [0.29, 0.717) is 18.8 Å². The van der Waals surface area contributed by atoms with E-state index in [1.54, 1.807) is 26.3 Å². The minimum Gasteiger partial charge on any atom is -0.383 e. The van der Waals surface area contributed by atoms with Crippen LogP contribution in [-0.2, 0) is 4.74 Å². The molecule has 1 atom stereocenters. The van der Waals surface area contributed by atoms with E-state index in [-0.39, 0.29) is 17.3 Å². The molecular formula is C14H21N3O4. The first-order valence-electron chi connectivity index (χ1n) is 6.71. The van der Waals surface area contributed by atoms with Crippen molar-refractivity contribution in [1.82, 2.24) is 4.90 Å². The third-order valence-corrected chi connectivity index (χ3v) is 3.21. The van der Waals surface area contributed by atoms with Crippen LogP contribution in [0.25, 0.3) is 0 Å². The Morgan fingerprint density at radius 2 is 2.19 bits per heavy atom. The Kier molecular flexibility index (Phi) is 6.10. The van der Waals surface area contributed by atoms with Gasteiger partial charge in [0.1, 0.15) is 11.3 Å². The zero-order valence-electron chi connectivity index (χ0n) is 12.8. The molecule has 0 saturated carbocycles. The van der Waals surface area contributed by atoms with Crippen LogP contribution in [0.2, 0.25) is 0 Å². The zero-order valence-corrected chi connectivity index (χ0v) is 12.8. The van der Waals surface area contributed by atoms with E-state index in [1.165, 1.54) is 11.0 Å². The van der Waals surface area contributed by atoms with Crippen molar-refractivity contribution >= 4 is 17.3 Å². The predicted molar refractivity (Wildman–Crippen MR) is 80.7 cm³/mol. The van der Waals surface area contributed by atoms with Crippen molar-refractivity contribution in [1.29, 1.82) is 0 Å². The predicted octanol–water partition coefficient (Wildman–Crippen LogP) is 2.13. The van der Waals surface area contributed by atoms with Crippen molar-refractivity contribution in [3.05, 3.63) is 33.9 Å². The lowest BCUT2D eigenvalue weighted by atomic mass is 10.1. The molecule has 0 saturated heterocycles. The fourth-order valence-electron chi connectivity index (χ4n) is 1.99. The Morgan fingerprint density at radius 1 is 1.52 bits per heavy atom. The Balaban J connectivity index is 3.20. The summed E-state index contributed by atoms with van der Waals surface area (Å²) in [6.45, 7) is 4.56. The molecule has 7 heteroatoms. The maximum absolute atomic E-state index is 12.5. The average molecular weight is 295 g/mol. The number of carbonyl (C=O) groups is 1. The number of hydrogen-bond acceptors (Lipinski definition) is 5. The van der Waals surface area contributed by atoms with Gasteiger partial charge in [-0.1, -0.05) is 6.07 Å². The minimum absolute atomic E-state index is 0.0731. The number of carbonyl (C=O) groups excluding carboxylic acids is 1. The van der Waals surface area contributed by atoms with Gasteiger partial charge in [-0.3, -0.25) is 14.9 Å². The Labute approximate surface area is 124 Å². The summed E-state index contributed by atoms with van der Waals surface area (Å²) in [7, 11) is 3.15. The molecule has 1 N–H and O–H groups in total. The number of nitro groups is 1. The van der Waals surface area contributed by atoms with Crippen molar-refractivity contribution in [3.8, 4) is 0 Å². The van der Waals surface area contributed by atoms with Gasteiger partial charge in [-0.05, 0) is 26.0 Å². The first-order valence-corrected chi connectivity index (χ1v) is 6.71. The molecule has 116 valence electrons. The number of nitrogens with zero attached hydrogens (tertiary/aromatic N) is 2. The van der Waals surface area contributed by atoms with Crippen LogP contribution < -0.4 is 5.32 Å². The second-order valence-corrected chi connectivity index (χ2v) is 4.71. The number of likely N-dealkylation sites (N-methyl/N-ethyl adjacent to an activating group) is 1. The molecule has 0 heterocycles. The van der Waals surface area contributed by atoms with Crippen molar-refractivity contribution in [2.24, 2.45) is 0 Å². The fraction of sp³-hybridized carbons (Fsp3) is 0.500. The van der Waals surface area contributed by atoms with E-state index in [9.17, 15) is 14.9 Å². The van der Waals surface area contributed by atoms with Gasteiger partial charge in [-0.15, -0.1) is 0 Å². The number of rotatable bonds is 7. The van der Waals surface area contributed by atoms with Crippen molar-refractivity contribution < 1.29 is 14.5 Å². The van der Waals surface area contributed by atoms with Crippen LogP contribution in [0.1, 0.15) is 24.2 Å². The smallest absolute Gasteiger partial charge is 0.305 e. The summed E-state index contributed by atoms with van der Waals surface area (Å²) in [5.74, 6) is -0.397. The summed E-state index contributed by atoms with van der Waals surface area (Å²) in [6, 6.07) is 4.52. The highest BCUT2D eigenvalue weighted by Gasteiger charge is 2.28. The summed E-state index contributed by atoms with van der Waals surface area (Å²) < 4.78 is 5.01. The zero-order chi connectivity index (χ0) is 16.0. The third-order valence-electron chi connectivity index (χ3n) is 3.21. The van der Waals surface area contributed by atoms with E-state index in [4.69, 9.17) is 4.74 Å². The molecule has 0 radical (unpaired) electrons. The van der Waals surface area contributed by atoms with Gasteiger partial charge in [0, 0.05) is 20.7 Å². The Bertz CT molecular complexity index is 519. The van der Waals surface area contributed by atoms with E-state index < -0.39 is 10.8 Å². The Hall–Kier alpha value is -2.15. The molecule has 0 aliphatic carbocycles. The molecule has 1 rings (SSSR count). The SMILES string of the molecule is CCNc1cccc(C(=O)N(C)C(C)COC)c1[N+](=O)[O-]. The Morgan fingerprint density at radius 3 is 2.71 bits per heavy atom. The molecule has 1 aromatic carbocycles. The van der Waals surface area contributed by atoms with E-state index in [1.807, 2.05) is 13.8 Å². The number of ether oxygens (including phenoxy) is 1. The van der Waals surface area contributed by atoms with Crippen molar-refractivity contribution in [3.63, 3.8) is 0 Å². The maximum Gasteiger partial charge on any atom is 0.305 e. The molecule has 0 aromatic heterocycles. The summed E-state index contributed by atoms with van der Waals surface area (Å²) >= 11 is 0. The molecule has 1 unspecified atom stereocenters. The van der Waals surface area contributed by atoms with E-state index >= 15 is 0 Å². The standard InChI is InChI=1S/C14H21N3O4/c1-5-15-12-8-6-7-11(13(12)17(19)20)14(18)16(3)10(2)9-21-4/h6-8,10,15H,5,9H2,1-4H3. The van der Waals surface area contributed by atoms with Crippen LogP contribution in [-0.4, -0.2) is 49.1 Å². The number of benzene rings is 1. The largest absolute Gasteiger partial charge is 0.383 e. The molecule has 0 spiro atoms. The maximum atomic E-state index is 12.5. The molecule has 0 bridgehead atoms. The van der Waals surface area contributed by atoms with Crippen LogP contribution >= 0.6 is 0 Å². The molecular weight excluding hydrogens is 274 g/mol. The summed E-state index contributed by atoms with van der Waals surface area (Å²) in [5, 5.41) is 14.2. The lowest BCUT2D eigenvalue weighted by Crippen LogP contribution is -2.38. The van der Waals surface area contributed by atoms with Gasteiger partial charge < -0.3 is 15.0 Å².